The lowest BCUT2D eigenvalue weighted by Gasteiger charge is -2.14. The molecule has 0 saturated carbocycles. The van der Waals surface area contributed by atoms with Crippen molar-refractivity contribution in [1.82, 2.24) is 0 Å². The number of nitrogens with zero attached hydrogens (tertiary/aromatic N) is 1. The van der Waals surface area contributed by atoms with Crippen molar-refractivity contribution in [3.63, 3.8) is 0 Å². The zero-order valence-corrected chi connectivity index (χ0v) is 9.61. The molecule has 0 bridgehead atoms. The van der Waals surface area contributed by atoms with Gasteiger partial charge < -0.3 is 4.74 Å². The molecule has 1 saturated heterocycles. The maximum Gasteiger partial charge on any atom is 0.247 e. The van der Waals surface area contributed by atoms with Gasteiger partial charge in [-0.15, -0.1) is 0 Å². The van der Waals surface area contributed by atoms with Gasteiger partial charge in [-0.1, -0.05) is 0 Å². The maximum absolute atomic E-state index is 11.7. The third-order valence-corrected chi connectivity index (χ3v) is 2.86. The van der Waals surface area contributed by atoms with Crippen molar-refractivity contribution in [3.05, 3.63) is 24.3 Å². The van der Waals surface area contributed by atoms with E-state index in [0.717, 1.165) is 4.90 Å². The summed E-state index contributed by atoms with van der Waals surface area (Å²) < 4.78 is 5.00. The fourth-order valence-corrected chi connectivity index (χ4v) is 1.89. The van der Waals surface area contributed by atoms with Gasteiger partial charge in [0.15, 0.2) is 0 Å². The van der Waals surface area contributed by atoms with Gasteiger partial charge in [0.05, 0.1) is 18.0 Å². The number of carbonyl (C=O) groups excluding carboxylic acids is 2. The molecule has 1 aromatic rings. The van der Waals surface area contributed by atoms with Crippen LogP contribution in [-0.4, -0.2) is 24.2 Å². The van der Waals surface area contributed by atoms with E-state index >= 15 is 0 Å². The lowest BCUT2D eigenvalue weighted by Crippen LogP contribution is -2.30. The molecule has 2 amide bonds. The Hall–Kier alpha value is -1.49. The number of hydrogen-bond acceptors (Lipinski definition) is 4. The van der Waals surface area contributed by atoms with Gasteiger partial charge >= 0.3 is 0 Å². The number of rotatable bonds is 2. The number of ether oxygens (including phenoxy) is 1. The molecule has 16 heavy (non-hydrogen) atoms. The quantitative estimate of drug-likeness (QED) is 0.622. The Morgan fingerprint density at radius 2 is 1.94 bits per heavy atom. The molecule has 1 aliphatic rings. The largest absolute Gasteiger partial charge is 0.497 e. The van der Waals surface area contributed by atoms with Crippen LogP contribution in [0.2, 0.25) is 0 Å². The summed E-state index contributed by atoms with van der Waals surface area (Å²) in [5.74, 6) is 0.207. The highest BCUT2D eigenvalue weighted by atomic mass is 32.1. The Bertz CT molecular complexity index is 429. The predicted octanol–water partition coefficient (Wildman–Crippen LogP) is 1.26. The van der Waals surface area contributed by atoms with E-state index in [9.17, 15) is 9.59 Å². The Balaban J connectivity index is 2.30. The fraction of sp³-hybridized carbons (Fsp3) is 0.273. The van der Waals surface area contributed by atoms with Crippen LogP contribution in [-0.2, 0) is 9.59 Å². The second-order valence-corrected chi connectivity index (χ2v) is 4.11. The maximum atomic E-state index is 11.7. The van der Waals surface area contributed by atoms with E-state index < -0.39 is 5.25 Å². The first-order valence-corrected chi connectivity index (χ1v) is 5.34. The lowest BCUT2D eigenvalue weighted by atomic mass is 10.3. The van der Waals surface area contributed by atoms with Gasteiger partial charge in [-0.3, -0.25) is 9.59 Å². The molecule has 5 heteroatoms. The number of amides is 2. The van der Waals surface area contributed by atoms with Crippen molar-refractivity contribution < 1.29 is 14.3 Å². The second-order valence-electron chi connectivity index (χ2n) is 3.49. The van der Waals surface area contributed by atoms with Crippen LogP contribution in [0.15, 0.2) is 24.3 Å². The van der Waals surface area contributed by atoms with Crippen LogP contribution >= 0.6 is 12.6 Å². The number of methoxy groups -OCH3 is 1. The van der Waals surface area contributed by atoms with Crippen LogP contribution in [0, 0.1) is 0 Å². The molecule has 0 spiro atoms. The molecular weight excluding hydrogens is 226 g/mol. The molecule has 1 aliphatic heterocycles. The summed E-state index contributed by atoms with van der Waals surface area (Å²) in [6, 6.07) is 6.78. The van der Waals surface area contributed by atoms with Gasteiger partial charge in [0.25, 0.3) is 0 Å². The average Bonchev–Trinajstić information content (AvgIpc) is 2.54. The molecule has 2 rings (SSSR count). The molecule has 1 heterocycles. The zero-order chi connectivity index (χ0) is 11.7. The molecule has 0 aromatic heterocycles. The smallest absolute Gasteiger partial charge is 0.247 e. The Labute approximate surface area is 98.6 Å². The summed E-state index contributed by atoms with van der Waals surface area (Å²) >= 11 is 4.06. The summed E-state index contributed by atoms with van der Waals surface area (Å²) in [7, 11) is 1.56. The van der Waals surface area contributed by atoms with Crippen molar-refractivity contribution in [2.24, 2.45) is 0 Å². The summed E-state index contributed by atoms with van der Waals surface area (Å²) in [4.78, 5) is 24.4. The number of benzene rings is 1. The third kappa shape index (κ3) is 1.78. The van der Waals surface area contributed by atoms with Gasteiger partial charge in [0.2, 0.25) is 11.8 Å². The van der Waals surface area contributed by atoms with Gasteiger partial charge in [0.1, 0.15) is 5.75 Å². The Morgan fingerprint density at radius 1 is 1.31 bits per heavy atom. The molecule has 0 aliphatic carbocycles. The van der Waals surface area contributed by atoms with Crippen LogP contribution in [0.1, 0.15) is 6.42 Å². The monoisotopic (exact) mass is 237 g/mol. The first-order valence-electron chi connectivity index (χ1n) is 4.82. The van der Waals surface area contributed by atoms with E-state index in [2.05, 4.69) is 12.6 Å². The first-order chi connectivity index (χ1) is 7.63. The predicted molar refractivity (Wildman–Crippen MR) is 62.9 cm³/mol. The van der Waals surface area contributed by atoms with Crippen LogP contribution in [0.4, 0.5) is 5.69 Å². The lowest BCUT2D eigenvalue weighted by molar-refractivity contribution is -0.121. The normalized spacial score (nSPS) is 20.4. The van der Waals surface area contributed by atoms with Gasteiger partial charge in [-0.2, -0.15) is 12.6 Å². The molecule has 1 atom stereocenters. The van der Waals surface area contributed by atoms with Crippen molar-refractivity contribution in [1.29, 1.82) is 0 Å². The molecule has 4 nitrogen and oxygen atoms in total. The van der Waals surface area contributed by atoms with Gasteiger partial charge in [-0.05, 0) is 24.3 Å². The van der Waals surface area contributed by atoms with E-state index in [4.69, 9.17) is 4.74 Å². The van der Waals surface area contributed by atoms with Crippen molar-refractivity contribution >= 4 is 30.1 Å². The third-order valence-electron chi connectivity index (χ3n) is 2.45. The van der Waals surface area contributed by atoms with E-state index in [1.807, 2.05) is 0 Å². The highest BCUT2D eigenvalue weighted by Crippen LogP contribution is 2.26. The van der Waals surface area contributed by atoms with Crippen LogP contribution < -0.4 is 9.64 Å². The van der Waals surface area contributed by atoms with Gasteiger partial charge in [-0.25, -0.2) is 4.90 Å². The zero-order valence-electron chi connectivity index (χ0n) is 8.71. The first kappa shape index (κ1) is 11.0. The minimum Gasteiger partial charge on any atom is -0.497 e. The average molecular weight is 237 g/mol. The van der Waals surface area contributed by atoms with E-state index in [1.165, 1.54) is 0 Å². The summed E-state index contributed by atoms with van der Waals surface area (Å²) in [6.45, 7) is 0. The fourth-order valence-electron chi connectivity index (χ4n) is 1.62. The minimum atomic E-state index is -0.519. The number of thiol groups is 1. The number of imide groups is 1. The SMILES string of the molecule is COc1ccc(N2C(=O)CC(S)C2=O)cc1. The summed E-state index contributed by atoms with van der Waals surface area (Å²) in [5, 5.41) is -0.519. The van der Waals surface area contributed by atoms with Gasteiger partial charge in [0, 0.05) is 6.42 Å². The Kier molecular flexibility index (Phi) is 2.87. The standard InChI is InChI=1S/C11H11NO3S/c1-15-8-4-2-7(3-5-8)12-10(13)6-9(16)11(12)14/h2-5,9,16H,6H2,1H3. The molecular formula is C11H11NO3S. The Morgan fingerprint density at radius 3 is 2.38 bits per heavy atom. The summed E-state index contributed by atoms with van der Waals surface area (Å²) in [6.07, 6.45) is 0.161. The highest BCUT2D eigenvalue weighted by molar-refractivity contribution is 7.82. The molecule has 1 unspecified atom stereocenters. The number of hydrogen-bond donors (Lipinski definition) is 1. The van der Waals surface area contributed by atoms with E-state index in [-0.39, 0.29) is 18.2 Å². The number of carbonyl (C=O) groups is 2. The molecule has 84 valence electrons. The number of anilines is 1. The second kappa shape index (κ2) is 4.17. The van der Waals surface area contributed by atoms with Crippen molar-refractivity contribution in [2.45, 2.75) is 11.7 Å². The summed E-state index contributed by atoms with van der Waals surface area (Å²) in [5.41, 5.74) is 0.562. The van der Waals surface area contributed by atoms with Crippen LogP contribution in [0.3, 0.4) is 0 Å². The van der Waals surface area contributed by atoms with E-state index in [0.29, 0.717) is 11.4 Å². The van der Waals surface area contributed by atoms with E-state index in [1.54, 1.807) is 31.4 Å². The highest BCUT2D eigenvalue weighted by Gasteiger charge is 2.37. The van der Waals surface area contributed by atoms with Crippen LogP contribution in [0.25, 0.3) is 0 Å². The molecule has 1 fully saturated rings. The van der Waals surface area contributed by atoms with Crippen molar-refractivity contribution in [2.75, 3.05) is 12.0 Å². The van der Waals surface area contributed by atoms with Crippen molar-refractivity contribution in [3.8, 4) is 5.75 Å². The molecule has 0 N–H and O–H groups in total. The topological polar surface area (TPSA) is 46.6 Å². The van der Waals surface area contributed by atoms with Crippen LogP contribution in [0.5, 0.6) is 5.75 Å². The minimum absolute atomic E-state index is 0.161. The molecule has 0 radical (unpaired) electrons. The molecule has 1 aromatic carbocycles.